The van der Waals surface area contributed by atoms with Gasteiger partial charge in [0, 0.05) is 12.6 Å². The number of rotatable bonds is 6. The lowest BCUT2D eigenvalue weighted by Gasteiger charge is -2.33. The maximum Gasteiger partial charge on any atom is 0.257 e. The molecule has 2 amide bonds. The second-order valence-corrected chi connectivity index (χ2v) is 9.22. The molecule has 5 nitrogen and oxygen atoms in total. The largest absolute Gasteiger partial charge is 0.360 e. The van der Waals surface area contributed by atoms with Gasteiger partial charge < -0.3 is 10.2 Å². The van der Waals surface area contributed by atoms with Gasteiger partial charge in [0.1, 0.15) is 6.04 Å². The maximum atomic E-state index is 13.4. The summed E-state index contributed by atoms with van der Waals surface area (Å²) in [5, 5.41) is 4.09. The fourth-order valence-corrected chi connectivity index (χ4v) is 5.01. The second kappa shape index (κ2) is 10.3. The minimum absolute atomic E-state index is 0.147. The number of carbonyl (C=O) groups is 2. The van der Waals surface area contributed by atoms with Crippen LogP contribution in [-0.2, 0) is 16.0 Å². The Bertz CT molecular complexity index is 955. The first-order chi connectivity index (χ1) is 15.5. The molecule has 6 heteroatoms. The van der Waals surface area contributed by atoms with E-state index < -0.39 is 6.04 Å². The molecule has 0 unspecified atom stereocenters. The first-order valence-electron chi connectivity index (χ1n) is 11.6. The summed E-state index contributed by atoms with van der Waals surface area (Å²) in [6, 6.07) is 17.5. The van der Waals surface area contributed by atoms with Crippen molar-refractivity contribution in [2.24, 2.45) is 0 Å². The van der Waals surface area contributed by atoms with Gasteiger partial charge in [-0.3, -0.25) is 9.59 Å². The van der Waals surface area contributed by atoms with E-state index in [1.54, 1.807) is 0 Å². The van der Waals surface area contributed by atoms with Crippen molar-refractivity contribution < 1.29 is 9.59 Å². The molecule has 1 atom stereocenters. The van der Waals surface area contributed by atoms with Gasteiger partial charge in [0.2, 0.25) is 5.91 Å². The van der Waals surface area contributed by atoms with Gasteiger partial charge in [-0.15, -0.1) is 0 Å². The lowest BCUT2D eigenvalue weighted by molar-refractivity contribution is -0.122. The number of nitrogens with zero attached hydrogens (tertiary/aromatic N) is 2. The van der Waals surface area contributed by atoms with Gasteiger partial charge in [-0.25, -0.2) is 4.90 Å². The second-order valence-electron chi connectivity index (χ2n) is 8.84. The summed E-state index contributed by atoms with van der Waals surface area (Å²) in [4.78, 5) is 29.6. The molecule has 4 rings (SSSR count). The molecule has 0 aromatic heterocycles. The van der Waals surface area contributed by atoms with E-state index in [0.29, 0.717) is 23.4 Å². The topological polar surface area (TPSA) is 52.7 Å². The predicted octanol–water partition coefficient (Wildman–Crippen LogP) is 4.38. The highest BCUT2D eigenvalue weighted by molar-refractivity contribution is 7.80. The molecule has 32 heavy (non-hydrogen) atoms. The fourth-order valence-electron chi connectivity index (χ4n) is 4.62. The zero-order valence-corrected chi connectivity index (χ0v) is 19.4. The summed E-state index contributed by atoms with van der Waals surface area (Å²) in [7, 11) is 0. The van der Waals surface area contributed by atoms with Gasteiger partial charge in [0.05, 0.1) is 12.1 Å². The summed E-state index contributed by atoms with van der Waals surface area (Å²) < 4.78 is 0. The van der Waals surface area contributed by atoms with Crippen LogP contribution in [0.25, 0.3) is 0 Å². The third kappa shape index (κ3) is 5.18. The van der Waals surface area contributed by atoms with Crippen LogP contribution in [0.2, 0.25) is 0 Å². The molecular formula is C26H31N3O2S. The van der Waals surface area contributed by atoms with Crippen LogP contribution in [0.3, 0.4) is 0 Å². The van der Waals surface area contributed by atoms with Gasteiger partial charge >= 0.3 is 0 Å². The lowest BCUT2D eigenvalue weighted by atomic mass is 9.96. The number of hydrogen-bond acceptors (Lipinski definition) is 3. The van der Waals surface area contributed by atoms with Crippen molar-refractivity contribution in [3.05, 3.63) is 65.7 Å². The molecule has 2 aromatic carbocycles. The van der Waals surface area contributed by atoms with Crippen LogP contribution in [0.1, 0.15) is 49.7 Å². The number of imide groups is 1. The van der Waals surface area contributed by atoms with E-state index in [0.717, 1.165) is 24.8 Å². The van der Waals surface area contributed by atoms with Gasteiger partial charge in [0.15, 0.2) is 5.11 Å². The molecule has 168 valence electrons. The highest BCUT2D eigenvalue weighted by Gasteiger charge is 2.43. The molecule has 0 bridgehead atoms. The first kappa shape index (κ1) is 22.5. The number of amides is 2. The van der Waals surface area contributed by atoms with E-state index in [2.05, 4.69) is 17.4 Å². The number of carbonyl (C=O) groups excluding carboxylic acids is 2. The summed E-state index contributed by atoms with van der Waals surface area (Å²) in [6.07, 6.45) is 6.77. The standard InChI is InChI=1S/C26H31N3O2S/c1-19-12-14-22(15-13-19)29-24(30)18-23(25(29)31)28(17-16-20-8-4-2-5-9-20)26(32)27-21-10-6-3-7-11-21/h2,4-5,8-9,12-15,21,23H,3,6-7,10-11,16-18H2,1H3,(H,27,32)/t23-/m1/s1. The highest BCUT2D eigenvalue weighted by Crippen LogP contribution is 2.27. The quantitative estimate of drug-likeness (QED) is 0.524. The smallest absolute Gasteiger partial charge is 0.257 e. The van der Waals surface area contributed by atoms with Crippen LogP contribution in [-0.4, -0.2) is 40.5 Å². The van der Waals surface area contributed by atoms with Crippen molar-refractivity contribution in [3.63, 3.8) is 0 Å². The Morgan fingerprint density at radius 1 is 1.03 bits per heavy atom. The molecule has 1 aliphatic carbocycles. The maximum absolute atomic E-state index is 13.4. The Kier molecular flexibility index (Phi) is 7.20. The predicted molar refractivity (Wildman–Crippen MR) is 132 cm³/mol. The summed E-state index contributed by atoms with van der Waals surface area (Å²) in [5.41, 5.74) is 2.90. The zero-order chi connectivity index (χ0) is 22.5. The van der Waals surface area contributed by atoms with Gasteiger partial charge in [-0.1, -0.05) is 67.3 Å². The third-order valence-electron chi connectivity index (χ3n) is 6.47. The van der Waals surface area contributed by atoms with Crippen molar-refractivity contribution in [1.29, 1.82) is 0 Å². The Hall–Kier alpha value is -2.73. The van der Waals surface area contributed by atoms with Crippen LogP contribution >= 0.6 is 12.2 Å². The number of hydrogen-bond donors (Lipinski definition) is 1. The van der Waals surface area contributed by atoms with E-state index in [1.807, 2.05) is 54.3 Å². The van der Waals surface area contributed by atoms with Crippen LogP contribution in [0.5, 0.6) is 0 Å². The van der Waals surface area contributed by atoms with Crippen molar-refractivity contribution in [2.75, 3.05) is 11.4 Å². The molecular weight excluding hydrogens is 418 g/mol. The molecule has 1 heterocycles. The van der Waals surface area contributed by atoms with E-state index in [-0.39, 0.29) is 18.2 Å². The number of benzene rings is 2. The minimum Gasteiger partial charge on any atom is -0.360 e. The molecule has 0 spiro atoms. The number of anilines is 1. The van der Waals surface area contributed by atoms with Crippen molar-refractivity contribution in [2.45, 2.75) is 64.0 Å². The van der Waals surface area contributed by atoms with E-state index in [1.165, 1.54) is 29.7 Å². The first-order valence-corrected chi connectivity index (χ1v) is 12.0. The van der Waals surface area contributed by atoms with Crippen LogP contribution in [0.15, 0.2) is 54.6 Å². The SMILES string of the molecule is Cc1ccc(N2C(=O)C[C@@H](N(CCc3ccccc3)C(=S)NC3CCCCC3)C2=O)cc1. The molecule has 2 fully saturated rings. The third-order valence-corrected chi connectivity index (χ3v) is 6.82. The van der Waals surface area contributed by atoms with Gasteiger partial charge in [-0.05, 0) is 56.1 Å². The Morgan fingerprint density at radius 3 is 2.41 bits per heavy atom. The van der Waals surface area contributed by atoms with Crippen molar-refractivity contribution in [1.82, 2.24) is 10.2 Å². The number of thiocarbonyl (C=S) groups is 1. The minimum atomic E-state index is -0.573. The summed E-state index contributed by atoms with van der Waals surface area (Å²) >= 11 is 5.81. The van der Waals surface area contributed by atoms with Crippen molar-refractivity contribution >= 4 is 34.8 Å². The van der Waals surface area contributed by atoms with E-state index >= 15 is 0 Å². The van der Waals surface area contributed by atoms with Gasteiger partial charge in [0.25, 0.3) is 5.91 Å². The zero-order valence-electron chi connectivity index (χ0n) is 18.6. The highest BCUT2D eigenvalue weighted by atomic mass is 32.1. The Labute approximate surface area is 195 Å². The molecule has 1 N–H and O–H groups in total. The lowest BCUT2D eigenvalue weighted by Crippen LogP contribution is -2.52. The average molecular weight is 450 g/mol. The van der Waals surface area contributed by atoms with Crippen molar-refractivity contribution in [3.8, 4) is 0 Å². The van der Waals surface area contributed by atoms with Crippen LogP contribution in [0.4, 0.5) is 5.69 Å². The summed E-state index contributed by atoms with van der Waals surface area (Å²) in [6.45, 7) is 2.58. The van der Waals surface area contributed by atoms with Crippen LogP contribution < -0.4 is 10.2 Å². The monoisotopic (exact) mass is 449 g/mol. The summed E-state index contributed by atoms with van der Waals surface area (Å²) in [5.74, 6) is -0.367. The van der Waals surface area contributed by atoms with E-state index in [9.17, 15) is 9.59 Å². The van der Waals surface area contributed by atoms with Gasteiger partial charge in [-0.2, -0.15) is 0 Å². The molecule has 0 radical (unpaired) electrons. The molecule has 2 aromatic rings. The number of aryl methyl sites for hydroxylation is 1. The Balaban J connectivity index is 1.53. The average Bonchev–Trinajstić information content (AvgIpc) is 3.09. The molecule has 1 saturated carbocycles. The molecule has 2 aliphatic rings. The van der Waals surface area contributed by atoms with Crippen LogP contribution in [0, 0.1) is 6.92 Å². The number of nitrogens with one attached hydrogen (secondary N) is 1. The van der Waals surface area contributed by atoms with E-state index in [4.69, 9.17) is 12.2 Å². The molecule has 1 aliphatic heterocycles. The molecule has 1 saturated heterocycles. The normalized spacial score (nSPS) is 19.3. The Morgan fingerprint density at radius 2 is 1.72 bits per heavy atom. The fraction of sp³-hybridized carbons (Fsp3) is 0.423.